The SMILES string of the molecule is Cc1ccc(Nc2ccc(O)c(-c3cc(NCCCCCO)nc(N)n3)c2)c(F)c1. The first kappa shape index (κ1) is 21.3. The molecule has 0 aliphatic heterocycles. The minimum Gasteiger partial charge on any atom is -0.507 e. The van der Waals surface area contributed by atoms with Crippen molar-refractivity contribution in [2.75, 3.05) is 29.5 Å². The van der Waals surface area contributed by atoms with E-state index in [2.05, 4.69) is 20.6 Å². The third-order valence-corrected chi connectivity index (χ3v) is 4.56. The Hall–Kier alpha value is -3.39. The maximum Gasteiger partial charge on any atom is 0.222 e. The summed E-state index contributed by atoms with van der Waals surface area (Å²) < 4.78 is 14.2. The molecular weight excluding hydrogens is 385 g/mol. The predicted molar refractivity (Wildman–Crippen MR) is 117 cm³/mol. The quantitative estimate of drug-likeness (QED) is 0.265. The van der Waals surface area contributed by atoms with Gasteiger partial charge in [0, 0.05) is 30.5 Å². The molecule has 0 aliphatic carbocycles. The van der Waals surface area contributed by atoms with E-state index < -0.39 is 0 Å². The summed E-state index contributed by atoms with van der Waals surface area (Å²) in [6.45, 7) is 2.68. The number of nitrogens with zero attached hydrogens (tertiary/aromatic N) is 2. The van der Waals surface area contributed by atoms with Gasteiger partial charge in [-0.2, -0.15) is 4.98 Å². The van der Waals surface area contributed by atoms with E-state index in [0.717, 1.165) is 24.8 Å². The van der Waals surface area contributed by atoms with Crippen molar-refractivity contribution < 1.29 is 14.6 Å². The highest BCUT2D eigenvalue weighted by Crippen LogP contribution is 2.33. The third-order valence-electron chi connectivity index (χ3n) is 4.56. The van der Waals surface area contributed by atoms with Gasteiger partial charge in [-0.15, -0.1) is 0 Å². The molecule has 3 rings (SSSR count). The van der Waals surface area contributed by atoms with Crippen molar-refractivity contribution in [3.8, 4) is 17.0 Å². The lowest BCUT2D eigenvalue weighted by Gasteiger charge is -2.12. The number of aliphatic hydroxyl groups is 1. The number of aryl methyl sites for hydroxylation is 1. The minimum absolute atomic E-state index is 0.0249. The number of unbranched alkanes of at least 4 members (excludes halogenated alkanes) is 2. The van der Waals surface area contributed by atoms with Crippen molar-refractivity contribution in [3.63, 3.8) is 0 Å². The lowest BCUT2D eigenvalue weighted by molar-refractivity contribution is 0.283. The molecule has 1 heterocycles. The molecule has 0 bridgehead atoms. The maximum atomic E-state index is 14.2. The highest BCUT2D eigenvalue weighted by atomic mass is 19.1. The Morgan fingerprint density at radius 2 is 1.87 bits per heavy atom. The van der Waals surface area contributed by atoms with Gasteiger partial charge < -0.3 is 26.6 Å². The summed E-state index contributed by atoms with van der Waals surface area (Å²) in [6.07, 6.45) is 2.54. The second-order valence-electron chi connectivity index (χ2n) is 7.05. The van der Waals surface area contributed by atoms with Crippen LogP contribution in [0.1, 0.15) is 24.8 Å². The number of anilines is 4. The van der Waals surface area contributed by atoms with Crippen LogP contribution in [0.25, 0.3) is 11.3 Å². The number of rotatable bonds is 9. The van der Waals surface area contributed by atoms with Gasteiger partial charge in [0.25, 0.3) is 0 Å². The van der Waals surface area contributed by atoms with Crippen LogP contribution in [0.4, 0.5) is 27.5 Å². The Balaban J connectivity index is 1.81. The first-order chi connectivity index (χ1) is 14.5. The number of phenolic OH excluding ortho intramolecular Hbond substituents is 1. The minimum atomic E-state index is -0.358. The first-order valence-corrected chi connectivity index (χ1v) is 9.82. The van der Waals surface area contributed by atoms with Crippen LogP contribution in [0.5, 0.6) is 5.75 Å². The summed E-state index contributed by atoms with van der Waals surface area (Å²) in [4.78, 5) is 8.41. The van der Waals surface area contributed by atoms with E-state index in [1.165, 1.54) is 12.1 Å². The Labute approximate surface area is 174 Å². The lowest BCUT2D eigenvalue weighted by atomic mass is 10.1. The number of aromatic nitrogens is 2. The van der Waals surface area contributed by atoms with Crippen LogP contribution in [-0.4, -0.2) is 33.3 Å². The van der Waals surface area contributed by atoms with Crippen LogP contribution >= 0.6 is 0 Å². The largest absolute Gasteiger partial charge is 0.507 e. The zero-order chi connectivity index (χ0) is 21.5. The molecule has 7 nitrogen and oxygen atoms in total. The molecule has 158 valence electrons. The summed E-state index contributed by atoms with van der Waals surface area (Å²) in [5, 5.41) is 25.4. The third kappa shape index (κ3) is 5.57. The van der Waals surface area contributed by atoms with Crippen molar-refractivity contribution in [1.82, 2.24) is 9.97 Å². The molecule has 0 aliphatic rings. The number of nitrogens with one attached hydrogen (secondary N) is 2. The Kier molecular flexibility index (Phi) is 7.03. The summed E-state index contributed by atoms with van der Waals surface area (Å²) >= 11 is 0. The van der Waals surface area contributed by atoms with Crippen LogP contribution in [0.3, 0.4) is 0 Å². The molecule has 0 radical (unpaired) electrons. The van der Waals surface area contributed by atoms with Crippen LogP contribution in [0.15, 0.2) is 42.5 Å². The fraction of sp³-hybridized carbons (Fsp3) is 0.273. The average Bonchev–Trinajstić information content (AvgIpc) is 2.71. The summed E-state index contributed by atoms with van der Waals surface area (Å²) in [5.74, 6) is 0.289. The van der Waals surface area contributed by atoms with Crippen molar-refractivity contribution in [3.05, 3.63) is 53.8 Å². The number of hydrogen-bond donors (Lipinski definition) is 5. The highest BCUT2D eigenvalue weighted by molar-refractivity contribution is 5.75. The van der Waals surface area contributed by atoms with E-state index in [1.807, 2.05) is 13.0 Å². The second-order valence-corrected chi connectivity index (χ2v) is 7.05. The van der Waals surface area contributed by atoms with Gasteiger partial charge in [-0.1, -0.05) is 6.07 Å². The molecule has 0 saturated heterocycles. The topological polar surface area (TPSA) is 116 Å². The predicted octanol–water partition coefficient (Wildman–Crippen LogP) is 4.20. The van der Waals surface area contributed by atoms with Crippen molar-refractivity contribution in [2.45, 2.75) is 26.2 Å². The second kappa shape index (κ2) is 9.89. The van der Waals surface area contributed by atoms with E-state index in [9.17, 15) is 9.50 Å². The number of aliphatic hydroxyl groups excluding tert-OH is 1. The van der Waals surface area contributed by atoms with Crippen LogP contribution in [-0.2, 0) is 0 Å². The van der Waals surface area contributed by atoms with E-state index >= 15 is 0 Å². The maximum absolute atomic E-state index is 14.2. The number of benzene rings is 2. The Morgan fingerprint density at radius 1 is 1.03 bits per heavy atom. The fourth-order valence-electron chi connectivity index (χ4n) is 3.02. The molecule has 30 heavy (non-hydrogen) atoms. The van der Waals surface area contributed by atoms with Gasteiger partial charge in [0.05, 0.1) is 11.4 Å². The number of aromatic hydroxyl groups is 1. The molecule has 0 saturated carbocycles. The highest BCUT2D eigenvalue weighted by Gasteiger charge is 2.12. The zero-order valence-corrected chi connectivity index (χ0v) is 16.8. The molecule has 3 aromatic rings. The lowest BCUT2D eigenvalue weighted by Crippen LogP contribution is -2.07. The van der Waals surface area contributed by atoms with Gasteiger partial charge in [-0.05, 0) is 62.1 Å². The molecule has 0 spiro atoms. The number of phenols is 1. The van der Waals surface area contributed by atoms with Gasteiger partial charge in [-0.3, -0.25) is 0 Å². The molecule has 6 N–H and O–H groups in total. The molecule has 1 aromatic heterocycles. The Morgan fingerprint density at radius 3 is 2.63 bits per heavy atom. The number of hydrogen-bond acceptors (Lipinski definition) is 7. The molecule has 0 atom stereocenters. The van der Waals surface area contributed by atoms with Crippen molar-refractivity contribution >= 4 is 23.1 Å². The zero-order valence-electron chi connectivity index (χ0n) is 16.8. The number of halogens is 1. The van der Waals surface area contributed by atoms with Crippen molar-refractivity contribution in [2.24, 2.45) is 0 Å². The molecule has 0 amide bonds. The van der Waals surface area contributed by atoms with Gasteiger partial charge in [0.1, 0.15) is 17.4 Å². The fourth-order valence-corrected chi connectivity index (χ4v) is 3.02. The van der Waals surface area contributed by atoms with E-state index in [1.54, 1.807) is 24.3 Å². The Bertz CT molecular complexity index is 1010. The van der Waals surface area contributed by atoms with E-state index in [0.29, 0.717) is 35.0 Å². The number of nitrogen functional groups attached to an aromatic ring is 1. The van der Waals surface area contributed by atoms with Crippen LogP contribution in [0, 0.1) is 12.7 Å². The van der Waals surface area contributed by atoms with Crippen molar-refractivity contribution in [1.29, 1.82) is 0 Å². The molecular formula is C22H26FN5O2. The van der Waals surface area contributed by atoms with E-state index in [4.69, 9.17) is 10.8 Å². The summed E-state index contributed by atoms with van der Waals surface area (Å²) in [6, 6.07) is 11.5. The van der Waals surface area contributed by atoms with Crippen LogP contribution in [0.2, 0.25) is 0 Å². The molecule has 2 aromatic carbocycles. The van der Waals surface area contributed by atoms with Gasteiger partial charge >= 0.3 is 0 Å². The molecule has 0 unspecified atom stereocenters. The summed E-state index contributed by atoms with van der Waals surface area (Å²) in [7, 11) is 0. The average molecular weight is 411 g/mol. The number of nitrogens with two attached hydrogens (primary N) is 1. The smallest absolute Gasteiger partial charge is 0.222 e. The molecule has 8 heteroatoms. The standard InChI is InChI=1S/C22H26FN5O2/c1-14-5-7-18(17(23)11-14)26-15-6-8-20(30)16(12-15)19-13-21(28-22(24)27-19)25-9-3-2-4-10-29/h5-8,11-13,26,29-30H,2-4,9-10H2,1H3,(H3,24,25,27,28). The summed E-state index contributed by atoms with van der Waals surface area (Å²) in [5.41, 5.74) is 8.52. The van der Waals surface area contributed by atoms with Gasteiger partial charge in [0.2, 0.25) is 5.95 Å². The molecule has 0 fully saturated rings. The van der Waals surface area contributed by atoms with E-state index in [-0.39, 0.29) is 24.1 Å². The van der Waals surface area contributed by atoms with Crippen LogP contribution < -0.4 is 16.4 Å². The van der Waals surface area contributed by atoms with Gasteiger partial charge in [-0.25, -0.2) is 9.37 Å². The monoisotopic (exact) mass is 411 g/mol. The normalized spacial score (nSPS) is 10.8. The van der Waals surface area contributed by atoms with Gasteiger partial charge in [0.15, 0.2) is 0 Å². The first-order valence-electron chi connectivity index (χ1n) is 9.82.